The van der Waals surface area contributed by atoms with Crippen molar-refractivity contribution in [1.82, 2.24) is 9.88 Å². The van der Waals surface area contributed by atoms with Gasteiger partial charge in [0.05, 0.1) is 0 Å². The fourth-order valence-electron chi connectivity index (χ4n) is 2.77. The van der Waals surface area contributed by atoms with Crippen LogP contribution >= 0.6 is 12.4 Å². The van der Waals surface area contributed by atoms with Gasteiger partial charge >= 0.3 is 0 Å². The molecule has 106 valence electrons. The molecule has 1 aliphatic rings. The molecule has 0 spiro atoms. The summed E-state index contributed by atoms with van der Waals surface area (Å²) in [5.41, 5.74) is 4.50. The van der Waals surface area contributed by atoms with Crippen molar-refractivity contribution in [3.8, 4) is 0 Å². The summed E-state index contributed by atoms with van der Waals surface area (Å²) < 4.78 is 0. The summed E-state index contributed by atoms with van der Waals surface area (Å²) in [6, 6.07) is 4.26. The van der Waals surface area contributed by atoms with Crippen LogP contribution in [0.15, 0.2) is 30.1 Å². The van der Waals surface area contributed by atoms with E-state index in [1.54, 1.807) is 11.1 Å². The molecular weight excluding hydrogens is 256 g/mol. The highest BCUT2D eigenvalue weighted by molar-refractivity contribution is 5.85. The van der Waals surface area contributed by atoms with Crippen molar-refractivity contribution in [3.63, 3.8) is 0 Å². The van der Waals surface area contributed by atoms with Crippen LogP contribution in [0.4, 0.5) is 0 Å². The number of pyridine rings is 1. The molecule has 3 heteroatoms. The van der Waals surface area contributed by atoms with Crippen molar-refractivity contribution >= 4 is 18.0 Å². The summed E-state index contributed by atoms with van der Waals surface area (Å²) in [4.78, 5) is 6.56. The number of likely N-dealkylation sites (N-methyl/N-ethyl adjacent to an activating group) is 1. The summed E-state index contributed by atoms with van der Waals surface area (Å²) in [5.74, 6) is 0. The smallest absolute Gasteiger partial charge is 0.0343 e. The first-order chi connectivity index (χ1) is 8.77. The quantitative estimate of drug-likeness (QED) is 0.826. The van der Waals surface area contributed by atoms with Crippen LogP contribution in [0.2, 0.25) is 0 Å². The molecule has 19 heavy (non-hydrogen) atoms. The second kappa shape index (κ2) is 8.34. The zero-order valence-corrected chi connectivity index (χ0v) is 12.9. The Morgan fingerprint density at radius 1 is 1.11 bits per heavy atom. The molecular formula is C16H25ClN2. The summed E-state index contributed by atoms with van der Waals surface area (Å²) in [6.45, 7) is 1.09. The van der Waals surface area contributed by atoms with Gasteiger partial charge in [-0.1, -0.05) is 24.5 Å². The van der Waals surface area contributed by atoms with E-state index in [1.165, 1.54) is 44.1 Å². The van der Waals surface area contributed by atoms with Gasteiger partial charge in [-0.2, -0.15) is 0 Å². The Hall–Kier alpha value is -0.860. The van der Waals surface area contributed by atoms with Crippen LogP contribution in [-0.2, 0) is 0 Å². The van der Waals surface area contributed by atoms with Crippen molar-refractivity contribution < 1.29 is 0 Å². The molecule has 1 heterocycles. The van der Waals surface area contributed by atoms with Gasteiger partial charge in [-0.25, -0.2) is 0 Å². The van der Waals surface area contributed by atoms with Crippen molar-refractivity contribution in [2.24, 2.45) is 0 Å². The number of allylic oxidation sites excluding steroid dienone is 1. The third kappa shape index (κ3) is 4.96. The van der Waals surface area contributed by atoms with Gasteiger partial charge in [-0.3, -0.25) is 4.98 Å². The van der Waals surface area contributed by atoms with Crippen LogP contribution < -0.4 is 0 Å². The first-order valence-corrected chi connectivity index (χ1v) is 7.03. The Morgan fingerprint density at radius 2 is 1.84 bits per heavy atom. The molecule has 1 aliphatic carbocycles. The van der Waals surface area contributed by atoms with Crippen molar-refractivity contribution in [2.45, 2.75) is 38.5 Å². The predicted octanol–water partition coefficient (Wildman–Crippen LogP) is 4.17. The van der Waals surface area contributed by atoms with E-state index < -0.39 is 0 Å². The molecule has 0 radical (unpaired) electrons. The SMILES string of the molecule is CN(C)C/C1=C(\c2cccnc2)CCCCCC1.Cl. The highest BCUT2D eigenvalue weighted by Crippen LogP contribution is 2.30. The van der Waals surface area contributed by atoms with Crippen LogP contribution in [0.25, 0.3) is 5.57 Å². The normalized spacial score (nSPS) is 20.6. The number of rotatable bonds is 3. The van der Waals surface area contributed by atoms with E-state index >= 15 is 0 Å². The number of halogens is 1. The van der Waals surface area contributed by atoms with Gasteiger partial charge in [0.15, 0.2) is 0 Å². The molecule has 0 atom stereocenters. The summed E-state index contributed by atoms with van der Waals surface area (Å²) >= 11 is 0. The Balaban J connectivity index is 0.00000180. The summed E-state index contributed by atoms with van der Waals surface area (Å²) in [6.07, 6.45) is 11.8. The van der Waals surface area contributed by atoms with E-state index in [0.717, 1.165) is 6.54 Å². The topological polar surface area (TPSA) is 16.1 Å². The van der Waals surface area contributed by atoms with Gasteiger partial charge in [0.2, 0.25) is 0 Å². The molecule has 2 rings (SSSR count). The maximum atomic E-state index is 4.28. The summed E-state index contributed by atoms with van der Waals surface area (Å²) in [7, 11) is 4.32. The molecule has 0 N–H and O–H groups in total. The van der Waals surface area contributed by atoms with Crippen LogP contribution in [-0.4, -0.2) is 30.5 Å². The minimum absolute atomic E-state index is 0. The zero-order chi connectivity index (χ0) is 12.8. The van der Waals surface area contributed by atoms with E-state index in [4.69, 9.17) is 0 Å². The first-order valence-electron chi connectivity index (χ1n) is 7.03. The van der Waals surface area contributed by atoms with Gasteiger partial charge in [0.25, 0.3) is 0 Å². The van der Waals surface area contributed by atoms with Crippen LogP contribution in [0.3, 0.4) is 0 Å². The molecule has 0 fully saturated rings. The Bertz CT molecular complexity index is 398. The van der Waals surface area contributed by atoms with Crippen molar-refractivity contribution in [2.75, 3.05) is 20.6 Å². The van der Waals surface area contributed by atoms with Gasteiger partial charge in [-0.15, -0.1) is 12.4 Å². The van der Waals surface area contributed by atoms with E-state index in [-0.39, 0.29) is 12.4 Å². The van der Waals surface area contributed by atoms with Crippen molar-refractivity contribution in [3.05, 3.63) is 35.7 Å². The first kappa shape index (κ1) is 16.2. The highest BCUT2D eigenvalue weighted by Gasteiger charge is 2.12. The minimum atomic E-state index is 0. The molecule has 0 aliphatic heterocycles. The molecule has 0 bridgehead atoms. The van der Waals surface area contributed by atoms with Crippen LogP contribution in [0, 0.1) is 0 Å². The second-order valence-corrected chi connectivity index (χ2v) is 5.48. The molecule has 0 saturated heterocycles. The number of hydrogen-bond acceptors (Lipinski definition) is 2. The monoisotopic (exact) mass is 280 g/mol. The number of nitrogens with zero attached hydrogens (tertiary/aromatic N) is 2. The van der Waals surface area contributed by atoms with Gasteiger partial charge in [-0.05, 0) is 57.0 Å². The maximum absolute atomic E-state index is 4.28. The van der Waals surface area contributed by atoms with E-state index in [0.29, 0.717) is 0 Å². The standard InChI is InChI=1S/C16H24N2.ClH/c1-18(2)13-15-8-5-3-4-6-10-16(15)14-9-7-11-17-12-14;/h7,9,11-12H,3-6,8,10,13H2,1-2H3;1H/b16-15-;. The Kier molecular flexibility index (Phi) is 7.11. The molecule has 1 aromatic rings. The van der Waals surface area contributed by atoms with Gasteiger partial charge in [0.1, 0.15) is 0 Å². The molecule has 0 amide bonds. The average Bonchev–Trinajstić information content (AvgIpc) is 2.34. The zero-order valence-electron chi connectivity index (χ0n) is 12.1. The van der Waals surface area contributed by atoms with Gasteiger partial charge < -0.3 is 4.90 Å². The lowest BCUT2D eigenvalue weighted by atomic mass is 9.89. The van der Waals surface area contributed by atoms with Crippen LogP contribution in [0.1, 0.15) is 44.1 Å². The molecule has 1 aromatic heterocycles. The maximum Gasteiger partial charge on any atom is 0.0343 e. The fraction of sp³-hybridized carbons (Fsp3) is 0.562. The van der Waals surface area contributed by atoms with E-state index in [9.17, 15) is 0 Å². The fourth-order valence-corrected chi connectivity index (χ4v) is 2.77. The lowest BCUT2D eigenvalue weighted by molar-refractivity contribution is 0.435. The van der Waals surface area contributed by atoms with Gasteiger partial charge in [0, 0.05) is 18.9 Å². The lowest BCUT2D eigenvalue weighted by Gasteiger charge is -2.21. The number of hydrogen-bond donors (Lipinski definition) is 0. The summed E-state index contributed by atoms with van der Waals surface area (Å²) in [5, 5.41) is 0. The third-order valence-corrected chi connectivity index (χ3v) is 3.60. The average molecular weight is 281 g/mol. The highest BCUT2D eigenvalue weighted by atomic mass is 35.5. The Labute approximate surface area is 123 Å². The van der Waals surface area contributed by atoms with Crippen LogP contribution in [0.5, 0.6) is 0 Å². The molecule has 0 unspecified atom stereocenters. The molecule has 2 nitrogen and oxygen atoms in total. The number of aromatic nitrogens is 1. The molecule has 0 saturated carbocycles. The third-order valence-electron chi connectivity index (χ3n) is 3.60. The van der Waals surface area contributed by atoms with E-state index in [2.05, 4.69) is 30.0 Å². The second-order valence-electron chi connectivity index (χ2n) is 5.48. The minimum Gasteiger partial charge on any atom is -0.305 e. The predicted molar refractivity (Wildman–Crippen MR) is 84.7 cm³/mol. The lowest BCUT2D eigenvalue weighted by Crippen LogP contribution is -2.17. The molecule has 0 aromatic carbocycles. The van der Waals surface area contributed by atoms with E-state index in [1.807, 2.05) is 18.5 Å². The van der Waals surface area contributed by atoms with Crippen molar-refractivity contribution in [1.29, 1.82) is 0 Å². The Morgan fingerprint density at radius 3 is 2.47 bits per heavy atom. The largest absolute Gasteiger partial charge is 0.305 e.